The summed E-state index contributed by atoms with van der Waals surface area (Å²) < 4.78 is 34.8. The smallest absolute Gasteiger partial charge is 0.335 e. The van der Waals surface area contributed by atoms with Gasteiger partial charge in [0.15, 0.2) is 9.84 Å². The second kappa shape index (κ2) is 8.47. The highest BCUT2D eigenvalue weighted by Gasteiger charge is 2.19. The molecule has 0 heterocycles. The third-order valence-electron chi connectivity index (χ3n) is 2.65. The minimum atomic E-state index is -3.56. The molecule has 118 valence electrons. The summed E-state index contributed by atoms with van der Waals surface area (Å²) in [6.45, 7) is 1.17. The van der Waals surface area contributed by atoms with E-state index in [0.29, 0.717) is 30.7 Å². The van der Waals surface area contributed by atoms with Crippen LogP contribution in [0.15, 0.2) is 27.6 Å². The second-order valence-electron chi connectivity index (χ2n) is 4.23. The molecule has 0 amide bonds. The lowest BCUT2D eigenvalue weighted by Crippen LogP contribution is -2.12. The van der Waals surface area contributed by atoms with Gasteiger partial charge in [0.1, 0.15) is 0 Å². The zero-order chi connectivity index (χ0) is 15.9. The maximum absolute atomic E-state index is 12.2. The van der Waals surface area contributed by atoms with Crippen molar-refractivity contribution in [2.45, 2.75) is 11.3 Å². The van der Waals surface area contributed by atoms with Crippen molar-refractivity contribution in [2.75, 3.05) is 32.7 Å². The van der Waals surface area contributed by atoms with E-state index in [4.69, 9.17) is 14.6 Å². The fourth-order valence-electron chi connectivity index (χ4n) is 1.58. The molecule has 8 heteroatoms. The molecule has 1 N–H and O–H groups in total. The van der Waals surface area contributed by atoms with Crippen LogP contribution in [0.3, 0.4) is 0 Å². The standard InChI is InChI=1S/C13H17BrO6S/c1-19-6-7-20-5-2-8-21(17,18)12-9-10(13(15)16)3-4-11(12)14/h3-4,9H,2,5-8H2,1H3,(H,15,16). The highest BCUT2D eigenvalue weighted by atomic mass is 79.9. The molecule has 21 heavy (non-hydrogen) atoms. The summed E-state index contributed by atoms with van der Waals surface area (Å²) in [6.07, 6.45) is 0.329. The molecule has 0 bridgehead atoms. The number of hydrogen-bond acceptors (Lipinski definition) is 5. The maximum atomic E-state index is 12.2. The third kappa shape index (κ3) is 5.74. The molecule has 0 radical (unpaired) electrons. The lowest BCUT2D eigenvalue weighted by molar-refractivity contribution is 0.0696. The molecular formula is C13H17BrO6S. The first-order valence-corrected chi connectivity index (χ1v) is 8.65. The van der Waals surface area contributed by atoms with Gasteiger partial charge in [-0.15, -0.1) is 0 Å². The van der Waals surface area contributed by atoms with E-state index in [9.17, 15) is 13.2 Å². The summed E-state index contributed by atoms with van der Waals surface area (Å²) in [5, 5.41) is 8.92. The van der Waals surface area contributed by atoms with Crippen molar-refractivity contribution >= 4 is 31.7 Å². The Labute approximate surface area is 132 Å². The number of carbonyl (C=O) groups is 1. The van der Waals surface area contributed by atoms with E-state index < -0.39 is 15.8 Å². The molecule has 1 aromatic rings. The number of sulfone groups is 1. The van der Waals surface area contributed by atoms with Crippen LogP contribution in [0.1, 0.15) is 16.8 Å². The van der Waals surface area contributed by atoms with Crippen molar-refractivity contribution in [3.8, 4) is 0 Å². The summed E-state index contributed by atoms with van der Waals surface area (Å²) in [6, 6.07) is 3.93. The van der Waals surface area contributed by atoms with Crippen LogP contribution in [0.5, 0.6) is 0 Å². The zero-order valence-corrected chi connectivity index (χ0v) is 13.9. The van der Waals surface area contributed by atoms with Gasteiger partial charge in [0, 0.05) is 18.2 Å². The molecular weight excluding hydrogens is 364 g/mol. The van der Waals surface area contributed by atoms with Gasteiger partial charge >= 0.3 is 5.97 Å². The van der Waals surface area contributed by atoms with Crippen LogP contribution in [0, 0.1) is 0 Å². The van der Waals surface area contributed by atoms with Gasteiger partial charge in [-0.05, 0) is 40.5 Å². The number of carboxylic acids is 1. The number of ether oxygens (including phenoxy) is 2. The summed E-state index contributed by atoms with van der Waals surface area (Å²) in [4.78, 5) is 10.9. The molecule has 0 saturated carbocycles. The highest BCUT2D eigenvalue weighted by molar-refractivity contribution is 9.10. The van der Waals surface area contributed by atoms with E-state index >= 15 is 0 Å². The Bertz CT molecular complexity index is 584. The number of aromatic carboxylic acids is 1. The molecule has 0 saturated heterocycles. The monoisotopic (exact) mass is 380 g/mol. The molecule has 0 unspecified atom stereocenters. The van der Waals surface area contributed by atoms with Gasteiger partial charge in [-0.2, -0.15) is 0 Å². The average Bonchev–Trinajstić information content (AvgIpc) is 2.42. The van der Waals surface area contributed by atoms with Gasteiger partial charge in [0.05, 0.1) is 29.4 Å². The van der Waals surface area contributed by atoms with E-state index in [2.05, 4.69) is 15.9 Å². The van der Waals surface area contributed by atoms with Crippen LogP contribution in [0.25, 0.3) is 0 Å². The molecule has 0 spiro atoms. The Morgan fingerprint density at radius 2 is 2.00 bits per heavy atom. The first kappa shape index (κ1) is 18.1. The number of benzene rings is 1. The molecule has 0 fully saturated rings. The fourth-order valence-corrected chi connectivity index (χ4v) is 3.96. The van der Waals surface area contributed by atoms with Crippen molar-refractivity contribution in [1.82, 2.24) is 0 Å². The molecule has 0 aromatic heterocycles. The average molecular weight is 381 g/mol. The lowest BCUT2D eigenvalue weighted by Gasteiger charge is -2.08. The number of methoxy groups -OCH3 is 1. The lowest BCUT2D eigenvalue weighted by atomic mass is 10.2. The fraction of sp³-hybridized carbons (Fsp3) is 0.462. The summed E-state index contributed by atoms with van der Waals surface area (Å²) in [5.41, 5.74) is -0.0619. The predicted octanol–water partition coefficient (Wildman–Crippen LogP) is 1.97. The first-order chi connectivity index (χ1) is 9.88. The molecule has 0 aliphatic rings. The van der Waals surface area contributed by atoms with Crippen LogP contribution < -0.4 is 0 Å². The van der Waals surface area contributed by atoms with Gasteiger partial charge in [-0.25, -0.2) is 13.2 Å². The Balaban J connectivity index is 2.70. The molecule has 1 rings (SSSR count). The van der Waals surface area contributed by atoms with Gasteiger partial charge in [0.2, 0.25) is 0 Å². The Morgan fingerprint density at radius 3 is 2.62 bits per heavy atom. The molecule has 1 aromatic carbocycles. The summed E-state index contributed by atoms with van der Waals surface area (Å²) >= 11 is 3.14. The Kier molecular flexibility index (Phi) is 7.30. The number of carboxylic acid groups (broad SMARTS) is 1. The van der Waals surface area contributed by atoms with Crippen molar-refractivity contribution in [1.29, 1.82) is 0 Å². The molecule has 0 aliphatic carbocycles. The van der Waals surface area contributed by atoms with Crippen LogP contribution in [-0.4, -0.2) is 52.2 Å². The molecule has 6 nitrogen and oxygen atoms in total. The summed E-state index contributed by atoms with van der Waals surface area (Å²) in [5.74, 6) is -1.27. The van der Waals surface area contributed by atoms with Crippen LogP contribution in [0.4, 0.5) is 0 Å². The summed E-state index contributed by atoms with van der Waals surface area (Å²) in [7, 11) is -2.00. The Hall–Kier alpha value is -0.960. The zero-order valence-electron chi connectivity index (χ0n) is 11.5. The SMILES string of the molecule is COCCOCCCS(=O)(=O)c1cc(C(=O)O)ccc1Br. The van der Waals surface area contributed by atoms with Crippen LogP contribution in [-0.2, 0) is 19.3 Å². The van der Waals surface area contributed by atoms with Crippen molar-refractivity contribution in [3.05, 3.63) is 28.2 Å². The maximum Gasteiger partial charge on any atom is 0.335 e. The van der Waals surface area contributed by atoms with E-state index in [1.54, 1.807) is 7.11 Å². The van der Waals surface area contributed by atoms with Crippen LogP contribution >= 0.6 is 15.9 Å². The minimum absolute atomic E-state index is 0.0145. The number of rotatable bonds is 9. The van der Waals surface area contributed by atoms with Gasteiger partial charge in [0.25, 0.3) is 0 Å². The largest absolute Gasteiger partial charge is 0.478 e. The van der Waals surface area contributed by atoms with E-state index in [-0.39, 0.29) is 16.2 Å². The van der Waals surface area contributed by atoms with Gasteiger partial charge in [-0.1, -0.05) is 0 Å². The third-order valence-corrected chi connectivity index (χ3v) is 5.43. The van der Waals surface area contributed by atoms with Gasteiger partial charge in [-0.3, -0.25) is 0 Å². The highest BCUT2D eigenvalue weighted by Crippen LogP contribution is 2.24. The van der Waals surface area contributed by atoms with Crippen molar-refractivity contribution in [3.63, 3.8) is 0 Å². The van der Waals surface area contributed by atoms with Crippen LogP contribution in [0.2, 0.25) is 0 Å². The second-order valence-corrected chi connectivity index (χ2v) is 7.16. The van der Waals surface area contributed by atoms with Gasteiger partial charge < -0.3 is 14.6 Å². The minimum Gasteiger partial charge on any atom is -0.478 e. The normalized spacial score (nSPS) is 11.5. The van der Waals surface area contributed by atoms with Crippen molar-refractivity contribution < 1.29 is 27.8 Å². The van der Waals surface area contributed by atoms with E-state index in [1.165, 1.54) is 12.1 Å². The Morgan fingerprint density at radius 1 is 1.29 bits per heavy atom. The first-order valence-electron chi connectivity index (χ1n) is 6.21. The predicted molar refractivity (Wildman–Crippen MR) is 80.5 cm³/mol. The molecule has 0 aliphatic heterocycles. The van der Waals surface area contributed by atoms with E-state index in [1.807, 2.05) is 0 Å². The van der Waals surface area contributed by atoms with E-state index in [0.717, 1.165) is 6.07 Å². The number of halogens is 1. The quantitative estimate of drug-likeness (QED) is 0.658. The topological polar surface area (TPSA) is 89.9 Å². The molecule has 0 atom stereocenters. The number of hydrogen-bond donors (Lipinski definition) is 1. The van der Waals surface area contributed by atoms with Crippen molar-refractivity contribution in [2.24, 2.45) is 0 Å².